The minimum absolute atomic E-state index is 0.0533. The molecule has 0 aliphatic carbocycles. The average molecular weight is 516 g/mol. The Morgan fingerprint density at radius 1 is 0.944 bits per heavy atom. The first-order valence-corrected chi connectivity index (χ1v) is 12.7. The molecule has 10 nitrogen and oxygen atoms in total. The van der Waals surface area contributed by atoms with Crippen LogP contribution in [-0.4, -0.2) is 44.9 Å². The van der Waals surface area contributed by atoms with Crippen LogP contribution >= 0.6 is 0 Å². The SMILES string of the molecule is CCOc1ccccc1O[C@@H](c1ccccc1)[C@@H](COC(=O)c1ccc([N+](=O)[O-])cc1)OS(C)(=O)=O. The maximum absolute atomic E-state index is 12.6. The number of esters is 1. The predicted molar refractivity (Wildman–Crippen MR) is 131 cm³/mol. The van der Waals surface area contributed by atoms with Crippen LogP contribution in [0.15, 0.2) is 78.9 Å². The lowest BCUT2D eigenvalue weighted by Gasteiger charge is -2.28. The molecule has 0 spiro atoms. The van der Waals surface area contributed by atoms with Crippen LogP contribution in [0.25, 0.3) is 0 Å². The molecular formula is C25H25NO9S. The van der Waals surface area contributed by atoms with E-state index in [4.69, 9.17) is 18.4 Å². The summed E-state index contributed by atoms with van der Waals surface area (Å²) in [6.45, 7) is 1.71. The fourth-order valence-corrected chi connectivity index (χ4v) is 3.92. The number of non-ortho nitro benzene ring substituents is 1. The van der Waals surface area contributed by atoms with Crippen LogP contribution in [0.5, 0.6) is 11.5 Å². The second kappa shape index (κ2) is 12.1. The van der Waals surface area contributed by atoms with Crippen molar-refractivity contribution in [1.82, 2.24) is 0 Å². The Balaban J connectivity index is 1.90. The van der Waals surface area contributed by atoms with Gasteiger partial charge in [0, 0.05) is 12.1 Å². The zero-order valence-corrected chi connectivity index (χ0v) is 20.4. The van der Waals surface area contributed by atoms with E-state index >= 15 is 0 Å². The highest BCUT2D eigenvalue weighted by atomic mass is 32.2. The number of ether oxygens (including phenoxy) is 3. The molecule has 0 aliphatic heterocycles. The number of rotatable bonds is 12. The summed E-state index contributed by atoms with van der Waals surface area (Å²) in [5, 5.41) is 10.8. The monoisotopic (exact) mass is 515 g/mol. The largest absolute Gasteiger partial charge is 0.490 e. The Morgan fingerprint density at radius 2 is 1.56 bits per heavy atom. The fourth-order valence-electron chi connectivity index (χ4n) is 3.31. The van der Waals surface area contributed by atoms with E-state index in [1.807, 2.05) is 6.92 Å². The Labute approximate surface area is 208 Å². The highest BCUT2D eigenvalue weighted by molar-refractivity contribution is 7.86. The highest BCUT2D eigenvalue weighted by Crippen LogP contribution is 2.34. The van der Waals surface area contributed by atoms with Gasteiger partial charge in [0.05, 0.1) is 23.3 Å². The molecule has 190 valence electrons. The fraction of sp³-hybridized carbons (Fsp3) is 0.240. The van der Waals surface area contributed by atoms with Crippen LogP contribution in [0.3, 0.4) is 0 Å². The van der Waals surface area contributed by atoms with E-state index in [2.05, 4.69) is 0 Å². The van der Waals surface area contributed by atoms with Gasteiger partial charge in [0.1, 0.15) is 6.61 Å². The molecule has 0 radical (unpaired) electrons. The van der Waals surface area contributed by atoms with Gasteiger partial charge in [0.25, 0.3) is 15.8 Å². The molecule has 0 fully saturated rings. The normalized spacial score (nSPS) is 12.8. The number of nitro groups is 1. The van der Waals surface area contributed by atoms with Crippen molar-refractivity contribution in [2.45, 2.75) is 19.1 Å². The molecule has 0 saturated heterocycles. The zero-order valence-electron chi connectivity index (χ0n) is 19.6. The van der Waals surface area contributed by atoms with Gasteiger partial charge in [0.15, 0.2) is 23.7 Å². The molecular weight excluding hydrogens is 490 g/mol. The van der Waals surface area contributed by atoms with Crippen LogP contribution in [-0.2, 0) is 19.0 Å². The molecule has 3 aromatic rings. The van der Waals surface area contributed by atoms with Gasteiger partial charge in [-0.2, -0.15) is 8.42 Å². The van der Waals surface area contributed by atoms with Crippen molar-refractivity contribution >= 4 is 21.8 Å². The van der Waals surface area contributed by atoms with Crippen molar-refractivity contribution in [1.29, 1.82) is 0 Å². The van der Waals surface area contributed by atoms with Crippen molar-refractivity contribution in [2.75, 3.05) is 19.5 Å². The smallest absolute Gasteiger partial charge is 0.338 e. The van der Waals surface area contributed by atoms with Gasteiger partial charge in [-0.25, -0.2) is 4.79 Å². The third-order valence-corrected chi connectivity index (χ3v) is 5.46. The summed E-state index contributed by atoms with van der Waals surface area (Å²) in [4.78, 5) is 22.9. The maximum Gasteiger partial charge on any atom is 0.338 e. The third kappa shape index (κ3) is 7.52. The van der Waals surface area contributed by atoms with Gasteiger partial charge in [0.2, 0.25) is 0 Å². The summed E-state index contributed by atoms with van der Waals surface area (Å²) < 4.78 is 46.7. The van der Waals surface area contributed by atoms with Gasteiger partial charge in [-0.15, -0.1) is 0 Å². The van der Waals surface area contributed by atoms with Crippen LogP contribution in [0, 0.1) is 10.1 Å². The number of benzene rings is 3. The third-order valence-electron chi connectivity index (χ3n) is 4.86. The molecule has 0 saturated carbocycles. The van der Waals surface area contributed by atoms with Crippen molar-refractivity contribution in [3.05, 3.63) is 100 Å². The number of nitro benzene ring substituents is 1. The lowest BCUT2D eigenvalue weighted by Crippen LogP contribution is -2.34. The molecule has 3 rings (SSSR count). The Morgan fingerprint density at radius 3 is 2.14 bits per heavy atom. The predicted octanol–water partition coefficient (Wildman–Crippen LogP) is 4.32. The molecule has 0 heterocycles. The minimum atomic E-state index is -3.99. The Hall–Kier alpha value is -3.96. The molecule has 11 heteroatoms. The number of nitrogens with zero attached hydrogens (tertiary/aromatic N) is 1. The average Bonchev–Trinajstić information content (AvgIpc) is 2.86. The van der Waals surface area contributed by atoms with E-state index in [1.165, 1.54) is 24.3 Å². The van der Waals surface area contributed by atoms with E-state index in [9.17, 15) is 23.3 Å². The summed E-state index contributed by atoms with van der Waals surface area (Å²) in [5.41, 5.74) is 0.441. The first-order valence-electron chi connectivity index (χ1n) is 10.9. The standard InChI is InChI=1S/C25H25NO9S/c1-3-32-21-11-7-8-12-22(21)34-24(18-9-5-4-6-10-18)23(35-36(2,30)31)17-33-25(27)19-13-15-20(16-14-19)26(28)29/h4-16,23-24H,3,17H2,1-2H3/t23-,24+/m1/s1. The van der Waals surface area contributed by atoms with Crippen molar-refractivity contribution in [3.63, 3.8) is 0 Å². The number of hydrogen-bond acceptors (Lipinski definition) is 9. The lowest BCUT2D eigenvalue weighted by molar-refractivity contribution is -0.384. The first-order chi connectivity index (χ1) is 17.2. The molecule has 0 amide bonds. The molecule has 0 unspecified atom stereocenters. The van der Waals surface area contributed by atoms with Gasteiger partial charge in [-0.05, 0) is 36.8 Å². The Kier molecular flexibility index (Phi) is 8.98. The second-order valence-electron chi connectivity index (χ2n) is 7.57. The summed E-state index contributed by atoms with van der Waals surface area (Å²) in [5.74, 6) is -0.0209. The van der Waals surface area contributed by atoms with Gasteiger partial charge < -0.3 is 14.2 Å². The topological polar surface area (TPSA) is 131 Å². The number of carbonyl (C=O) groups excluding carboxylic acids is 1. The van der Waals surface area contributed by atoms with E-state index in [1.54, 1.807) is 54.6 Å². The molecule has 3 aromatic carbocycles. The number of hydrogen-bond donors (Lipinski definition) is 0. The molecule has 0 aliphatic rings. The van der Waals surface area contributed by atoms with Crippen molar-refractivity contribution in [3.8, 4) is 11.5 Å². The van der Waals surface area contributed by atoms with Crippen LogP contribution < -0.4 is 9.47 Å². The minimum Gasteiger partial charge on any atom is -0.490 e. The summed E-state index contributed by atoms with van der Waals surface area (Å²) in [6.07, 6.45) is -1.39. The maximum atomic E-state index is 12.6. The Bertz CT molecular complexity index is 1280. The highest BCUT2D eigenvalue weighted by Gasteiger charge is 2.32. The quantitative estimate of drug-likeness (QED) is 0.150. The number of carbonyl (C=O) groups is 1. The van der Waals surface area contributed by atoms with Crippen molar-refractivity contribution < 1.29 is 36.5 Å². The molecule has 0 bridgehead atoms. The second-order valence-corrected chi connectivity index (χ2v) is 9.17. The van der Waals surface area contributed by atoms with E-state index < -0.39 is 39.8 Å². The van der Waals surface area contributed by atoms with Gasteiger partial charge >= 0.3 is 5.97 Å². The van der Waals surface area contributed by atoms with E-state index in [-0.39, 0.29) is 11.3 Å². The van der Waals surface area contributed by atoms with E-state index in [0.717, 1.165) is 6.26 Å². The van der Waals surface area contributed by atoms with Crippen LogP contribution in [0.1, 0.15) is 28.9 Å². The zero-order chi connectivity index (χ0) is 26.1. The van der Waals surface area contributed by atoms with Crippen molar-refractivity contribution in [2.24, 2.45) is 0 Å². The molecule has 2 atom stereocenters. The first kappa shape index (κ1) is 26.6. The molecule has 0 aromatic heterocycles. The lowest BCUT2D eigenvalue weighted by atomic mass is 10.0. The van der Waals surface area contributed by atoms with Crippen LogP contribution in [0.2, 0.25) is 0 Å². The van der Waals surface area contributed by atoms with Gasteiger partial charge in [-0.3, -0.25) is 14.3 Å². The van der Waals surface area contributed by atoms with Crippen LogP contribution in [0.4, 0.5) is 5.69 Å². The summed E-state index contributed by atoms with van der Waals surface area (Å²) in [7, 11) is -3.99. The molecule has 0 N–H and O–H groups in total. The number of para-hydroxylation sites is 2. The van der Waals surface area contributed by atoms with Gasteiger partial charge in [-0.1, -0.05) is 42.5 Å². The summed E-state index contributed by atoms with van der Waals surface area (Å²) >= 11 is 0. The van der Waals surface area contributed by atoms with E-state index in [0.29, 0.717) is 23.7 Å². The molecule has 36 heavy (non-hydrogen) atoms. The summed E-state index contributed by atoms with van der Waals surface area (Å²) in [6, 6.07) is 20.5.